The molecule has 2 aromatic carbocycles. The Kier molecular flexibility index (Phi) is 2.40. The van der Waals surface area contributed by atoms with Crippen LogP contribution in [0.1, 0.15) is 11.1 Å². The normalized spacial score (nSPS) is 12.8. The highest BCUT2D eigenvalue weighted by Gasteiger charge is 2.37. The first-order valence-corrected chi connectivity index (χ1v) is 6.93. The predicted molar refractivity (Wildman–Crippen MR) is 67.9 cm³/mol. The summed E-state index contributed by atoms with van der Waals surface area (Å²) in [5.41, 5.74) is 10.0. The molecule has 3 rings (SSSR count). The zero-order valence-corrected chi connectivity index (χ0v) is 10.5. The first-order chi connectivity index (χ1) is 9.04. The zero-order valence-electron chi connectivity index (χ0n) is 9.66. The maximum absolute atomic E-state index is 11.4. The SMILES string of the molecule is N=[N+]=C1c2ccccc2-c2cccc(S(=O)(=O)O)c21. The van der Waals surface area contributed by atoms with Gasteiger partial charge in [-0.3, -0.25) is 4.55 Å². The topological polar surface area (TPSA) is 92.3 Å². The van der Waals surface area contributed by atoms with Gasteiger partial charge in [-0.05, 0) is 23.3 Å². The molecule has 0 aliphatic heterocycles. The van der Waals surface area contributed by atoms with E-state index < -0.39 is 10.1 Å². The van der Waals surface area contributed by atoms with Crippen LogP contribution in [0.5, 0.6) is 0 Å². The van der Waals surface area contributed by atoms with Gasteiger partial charge >= 0.3 is 5.71 Å². The number of hydrogen-bond acceptors (Lipinski definition) is 3. The van der Waals surface area contributed by atoms with Crippen LogP contribution in [0.2, 0.25) is 0 Å². The largest absolute Gasteiger partial charge is 0.381 e. The summed E-state index contributed by atoms with van der Waals surface area (Å²) in [7, 11) is -4.35. The van der Waals surface area contributed by atoms with Crippen LogP contribution >= 0.6 is 0 Å². The molecule has 0 amide bonds. The summed E-state index contributed by atoms with van der Waals surface area (Å²) in [5, 5.41) is 0. The van der Waals surface area contributed by atoms with E-state index in [4.69, 9.17) is 5.53 Å². The standard InChI is InChI=1S/C13H8N2O3S/c14-15-13-10-5-2-1-4-8(10)9-6-3-7-11(12(9)13)19(16,17)18/h1-7,14H/p+1. The average molecular weight is 273 g/mol. The van der Waals surface area contributed by atoms with Gasteiger partial charge in [-0.25, -0.2) is 0 Å². The Bertz CT molecular complexity index is 850. The fourth-order valence-corrected chi connectivity index (χ4v) is 3.11. The van der Waals surface area contributed by atoms with Gasteiger partial charge in [0.2, 0.25) is 0 Å². The van der Waals surface area contributed by atoms with Crippen LogP contribution in [-0.4, -0.2) is 23.5 Å². The van der Waals surface area contributed by atoms with Crippen LogP contribution in [0.25, 0.3) is 11.1 Å². The number of hydrogen-bond donors (Lipinski definition) is 2. The average Bonchev–Trinajstić information content (AvgIpc) is 2.71. The van der Waals surface area contributed by atoms with Crippen molar-refractivity contribution in [3.63, 3.8) is 0 Å². The summed E-state index contributed by atoms with van der Waals surface area (Å²) in [4.78, 5) is 3.22. The van der Waals surface area contributed by atoms with Crippen molar-refractivity contribution in [1.82, 2.24) is 0 Å². The van der Waals surface area contributed by atoms with Crippen molar-refractivity contribution in [2.75, 3.05) is 0 Å². The minimum Gasteiger partial charge on any atom is -0.282 e. The molecule has 2 aromatic rings. The molecule has 0 saturated carbocycles. The molecular weight excluding hydrogens is 264 g/mol. The van der Waals surface area contributed by atoms with E-state index in [1.807, 2.05) is 12.1 Å². The molecular formula is C13H9N2O3S+. The second-order valence-corrected chi connectivity index (χ2v) is 5.55. The fourth-order valence-electron chi connectivity index (χ4n) is 2.39. The number of nitrogens with one attached hydrogen (secondary N) is 1. The van der Waals surface area contributed by atoms with Crippen molar-refractivity contribution >= 4 is 15.8 Å². The molecule has 1 aliphatic rings. The Morgan fingerprint density at radius 1 is 0.947 bits per heavy atom. The van der Waals surface area contributed by atoms with E-state index >= 15 is 0 Å². The van der Waals surface area contributed by atoms with Crippen LogP contribution in [0.15, 0.2) is 47.4 Å². The molecule has 0 heterocycles. The maximum atomic E-state index is 11.4. The van der Waals surface area contributed by atoms with E-state index in [1.165, 1.54) is 6.07 Å². The van der Waals surface area contributed by atoms with Crippen molar-refractivity contribution in [3.8, 4) is 11.1 Å². The molecule has 0 aromatic heterocycles. The quantitative estimate of drug-likeness (QED) is 0.403. The second-order valence-electron chi connectivity index (χ2n) is 4.16. The van der Waals surface area contributed by atoms with E-state index in [1.54, 1.807) is 24.3 Å². The third kappa shape index (κ3) is 1.62. The van der Waals surface area contributed by atoms with Crippen molar-refractivity contribution in [1.29, 1.82) is 5.53 Å². The molecule has 0 radical (unpaired) electrons. The number of fused-ring (bicyclic) bond motifs is 3. The van der Waals surface area contributed by atoms with Crippen molar-refractivity contribution in [2.24, 2.45) is 0 Å². The zero-order chi connectivity index (χ0) is 13.6. The van der Waals surface area contributed by atoms with Crippen LogP contribution < -0.4 is 0 Å². The number of nitrogens with zero attached hydrogens (tertiary/aromatic N) is 1. The Morgan fingerprint density at radius 3 is 2.21 bits per heavy atom. The lowest BCUT2D eigenvalue weighted by molar-refractivity contribution is -0.117. The summed E-state index contributed by atoms with van der Waals surface area (Å²) < 4.78 is 32.2. The minimum absolute atomic E-state index is 0.216. The molecule has 0 fully saturated rings. The van der Waals surface area contributed by atoms with E-state index in [9.17, 15) is 13.0 Å². The molecule has 19 heavy (non-hydrogen) atoms. The molecule has 0 bridgehead atoms. The Balaban J connectivity index is 2.49. The molecule has 5 nitrogen and oxygen atoms in total. The second kappa shape index (κ2) is 3.86. The third-order valence-corrected chi connectivity index (χ3v) is 4.02. The molecule has 1 aliphatic carbocycles. The summed E-state index contributed by atoms with van der Waals surface area (Å²) >= 11 is 0. The maximum Gasteiger partial charge on any atom is 0.381 e. The highest BCUT2D eigenvalue weighted by atomic mass is 32.2. The lowest BCUT2D eigenvalue weighted by atomic mass is 10.1. The lowest BCUT2D eigenvalue weighted by Gasteiger charge is -2.02. The highest BCUT2D eigenvalue weighted by molar-refractivity contribution is 7.86. The smallest absolute Gasteiger partial charge is 0.282 e. The monoisotopic (exact) mass is 273 g/mol. The summed E-state index contributed by atoms with van der Waals surface area (Å²) in [5.74, 6) is 0. The summed E-state index contributed by atoms with van der Waals surface area (Å²) in [6, 6.07) is 11.9. The third-order valence-electron chi connectivity index (χ3n) is 3.13. The van der Waals surface area contributed by atoms with E-state index in [2.05, 4.69) is 4.79 Å². The van der Waals surface area contributed by atoms with E-state index in [0.717, 1.165) is 5.56 Å². The minimum atomic E-state index is -4.35. The number of rotatable bonds is 1. The Hall–Kier alpha value is -2.27. The van der Waals surface area contributed by atoms with Gasteiger partial charge in [0.15, 0.2) is 0 Å². The van der Waals surface area contributed by atoms with Gasteiger partial charge in [-0.2, -0.15) is 8.42 Å². The van der Waals surface area contributed by atoms with Crippen LogP contribution in [0.3, 0.4) is 0 Å². The van der Waals surface area contributed by atoms with Crippen LogP contribution in [-0.2, 0) is 10.1 Å². The van der Waals surface area contributed by atoms with Crippen LogP contribution in [0, 0.1) is 5.53 Å². The molecule has 2 N–H and O–H groups in total. The summed E-state index contributed by atoms with van der Waals surface area (Å²) in [6.07, 6.45) is 0. The van der Waals surface area contributed by atoms with Gasteiger partial charge in [0.1, 0.15) is 4.90 Å². The fraction of sp³-hybridized carbons (Fsp3) is 0. The van der Waals surface area contributed by atoms with Crippen LogP contribution in [0.4, 0.5) is 0 Å². The van der Waals surface area contributed by atoms with Gasteiger partial charge in [0, 0.05) is 0 Å². The van der Waals surface area contributed by atoms with Gasteiger partial charge in [0.05, 0.1) is 21.4 Å². The van der Waals surface area contributed by atoms with Crippen molar-refractivity contribution < 1.29 is 17.8 Å². The molecule has 0 atom stereocenters. The summed E-state index contributed by atoms with van der Waals surface area (Å²) in [6.45, 7) is 0. The molecule has 0 spiro atoms. The van der Waals surface area contributed by atoms with E-state index in [0.29, 0.717) is 16.7 Å². The molecule has 6 heteroatoms. The lowest BCUT2D eigenvalue weighted by Crippen LogP contribution is -2.08. The Morgan fingerprint density at radius 2 is 1.58 bits per heavy atom. The highest BCUT2D eigenvalue weighted by Crippen LogP contribution is 2.39. The van der Waals surface area contributed by atoms with Gasteiger partial charge in [-0.1, -0.05) is 30.3 Å². The molecule has 0 unspecified atom stereocenters. The van der Waals surface area contributed by atoms with Gasteiger partial charge < -0.3 is 0 Å². The predicted octanol–water partition coefficient (Wildman–Crippen LogP) is 1.99. The van der Waals surface area contributed by atoms with Crippen molar-refractivity contribution in [3.05, 3.63) is 53.6 Å². The van der Waals surface area contributed by atoms with E-state index in [-0.39, 0.29) is 10.6 Å². The molecule has 94 valence electrons. The first kappa shape index (κ1) is 11.8. The van der Waals surface area contributed by atoms with Crippen molar-refractivity contribution in [2.45, 2.75) is 4.90 Å². The molecule has 0 saturated heterocycles. The first-order valence-electron chi connectivity index (χ1n) is 5.49. The van der Waals surface area contributed by atoms with Gasteiger partial charge in [0.25, 0.3) is 10.1 Å². The van der Waals surface area contributed by atoms with Gasteiger partial charge in [-0.15, -0.1) is 0 Å². The number of benzene rings is 2. The Labute approximate surface area is 109 Å².